The van der Waals surface area contributed by atoms with Crippen LogP contribution in [0.25, 0.3) is 0 Å². The van der Waals surface area contributed by atoms with Crippen molar-refractivity contribution < 1.29 is 0 Å². The maximum absolute atomic E-state index is 5.70. The van der Waals surface area contributed by atoms with Crippen molar-refractivity contribution in [2.24, 2.45) is 5.73 Å². The predicted octanol–water partition coefficient (Wildman–Crippen LogP) is 3.61. The van der Waals surface area contributed by atoms with Gasteiger partial charge in [0.1, 0.15) is 0 Å². The Morgan fingerprint density at radius 2 is 1.53 bits per heavy atom. The third-order valence-electron chi connectivity index (χ3n) is 4.05. The summed E-state index contributed by atoms with van der Waals surface area (Å²) in [6.45, 7) is 0.623. The minimum absolute atomic E-state index is 0.623. The zero-order valence-corrected chi connectivity index (χ0v) is 11.4. The van der Waals surface area contributed by atoms with E-state index in [9.17, 15) is 0 Å². The van der Waals surface area contributed by atoms with E-state index >= 15 is 0 Å². The first-order chi connectivity index (χ1) is 9.35. The van der Waals surface area contributed by atoms with Gasteiger partial charge in [-0.05, 0) is 59.9 Å². The lowest BCUT2D eigenvalue weighted by atomic mass is 9.89. The first-order valence-corrected chi connectivity index (χ1v) is 7.24. The molecule has 2 N–H and O–H groups in total. The van der Waals surface area contributed by atoms with Gasteiger partial charge in [-0.3, -0.25) is 0 Å². The molecule has 0 fully saturated rings. The minimum Gasteiger partial charge on any atom is -0.326 e. The lowest BCUT2D eigenvalue weighted by Crippen LogP contribution is -2.03. The van der Waals surface area contributed by atoms with Crippen LogP contribution in [0.15, 0.2) is 42.5 Å². The van der Waals surface area contributed by atoms with E-state index in [1.807, 2.05) is 0 Å². The Morgan fingerprint density at radius 3 is 2.37 bits per heavy atom. The monoisotopic (exact) mass is 251 g/mol. The summed E-state index contributed by atoms with van der Waals surface area (Å²) in [6.07, 6.45) is 6.23. The smallest absolute Gasteiger partial charge is 0.0178 e. The van der Waals surface area contributed by atoms with Gasteiger partial charge in [-0.25, -0.2) is 0 Å². The number of fused-ring (bicyclic) bond motifs is 1. The number of rotatable bonds is 3. The highest BCUT2D eigenvalue weighted by atomic mass is 14.5. The number of aryl methyl sites for hydroxylation is 2. The fourth-order valence-corrected chi connectivity index (χ4v) is 3.00. The van der Waals surface area contributed by atoms with E-state index in [0.29, 0.717) is 6.54 Å². The van der Waals surface area contributed by atoms with Crippen LogP contribution in [0.1, 0.15) is 40.7 Å². The average molecular weight is 251 g/mol. The van der Waals surface area contributed by atoms with Crippen LogP contribution in [0, 0.1) is 0 Å². The molecular formula is C18H21N. The highest BCUT2D eigenvalue weighted by molar-refractivity contribution is 5.37. The van der Waals surface area contributed by atoms with E-state index in [2.05, 4.69) is 42.5 Å². The van der Waals surface area contributed by atoms with Crippen LogP contribution < -0.4 is 5.73 Å². The van der Waals surface area contributed by atoms with Gasteiger partial charge in [0.15, 0.2) is 0 Å². The summed E-state index contributed by atoms with van der Waals surface area (Å²) >= 11 is 0. The quantitative estimate of drug-likeness (QED) is 0.886. The van der Waals surface area contributed by atoms with Crippen LogP contribution in [0.5, 0.6) is 0 Å². The Balaban J connectivity index is 1.82. The maximum Gasteiger partial charge on any atom is 0.0178 e. The van der Waals surface area contributed by atoms with E-state index in [-0.39, 0.29) is 0 Å². The van der Waals surface area contributed by atoms with Gasteiger partial charge < -0.3 is 5.73 Å². The standard InChI is InChI=1S/C18H21N/c19-13-16-5-3-4-14(11-16)10-15-8-9-17-6-1-2-7-18(17)12-15/h3-5,8-9,11-12H,1-2,6-7,10,13,19H2. The number of nitrogens with two attached hydrogens (primary N) is 1. The number of hydrogen-bond donors (Lipinski definition) is 1. The van der Waals surface area contributed by atoms with E-state index in [0.717, 1.165) is 6.42 Å². The summed E-state index contributed by atoms with van der Waals surface area (Å²) in [4.78, 5) is 0. The average Bonchev–Trinajstić information content (AvgIpc) is 2.47. The highest BCUT2D eigenvalue weighted by Gasteiger charge is 2.09. The van der Waals surface area contributed by atoms with Gasteiger partial charge in [0, 0.05) is 6.54 Å². The van der Waals surface area contributed by atoms with Crippen molar-refractivity contribution >= 4 is 0 Å². The summed E-state index contributed by atoms with van der Waals surface area (Å²) < 4.78 is 0. The molecule has 0 spiro atoms. The molecule has 2 aromatic rings. The van der Waals surface area contributed by atoms with Gasteiger partial charge in [-0.2, -0.15) is 0 Å². The molecule has 19 heavy (non-hydrogen) atoms. The van der Waals surface area contributed by atoms with Crippen molar-refractivity contribution in [1.82, 2.24) is 0 Å². The summed E-state index contributed by atoms with van der Waals surface area (Å²) in [6, 6.07) is 15.6. The van der Waals surface area contributed by atoms with Crippen molar-refractivity contribution in [3.63, 3.8) is 0 Å². The zero-order chi connectivity index (χ0) is 13.1. The van der Waals surface area contributed by atoms with Gasteiger partial charge in [0.25, 0.3) is 0 Å². The summed E-state index contributed by atoms with van der Waals surface area (Å²) in [7, 11) is 0. The predicted molar refractivity (Wildman–Crippen MR) is 80.2 cm³/mol. The first-order valence-electron chi connectivity index (χ1n) is 7.24. The molecular weight excluding hydrogens is 230 g/mol. The molecule has 0 radical (unpaired) electrons. The van der Waals surface area contributed by atoms with Crippen molar-refractivity contribution in [1.29, 1.82) is 0 Å². The molecule has 0 aromatic heterocycles. The van der Waals surface area contributed by atoms with Crippen LogP contribution in [-0.2, 0) is 25.8 Å². The molecule has 2 aromatic carbocycles. The van der Waals surface area contributed by atoms with Gasteiger partial charge in [-0.1, -0.05) is 42.5 Å². The van der Waals surface area contributed by atoms with E-state index in [4.69, 9.17) is 5.73 Å². The molecule has 0 atom stereocenters. The molecule has 0 aliphatic heterocycles. The van der Waals surface area contributed by atoms with Gasteiger partial charge in [0.05, 0.1) is 0 Å². The molecule has 3 rings (SSSR count). The van der Waals surface area contributed by atoms with Crippen LogP contribution in [-0.4, -0.2) is 0 Å². The molecule has 1 aliphatic rings. The zero-order valence-electron chi connectivity index (χ0n) is 11.4. The molecule has 1 aliphatic carbocycles. The van der Waals surface area contributed by atoms with Crippen LogP contribution in [0.3, 0.4) is 0 Å². The van der Waals surface area contributed by atoms with Crippen molar-refractivity contribution in [2.75, 3.05) is 0 Å². The summed E-state index contributed by atoms with van der Waals surface area (Å²) in [5.74, 6) is 0. The van der Waals surface area contributed by atoms with Gasteiger partial charge in [-0.15, -0.1) is 0 Å². The van der Waals surface area contributed by atoms with Crippen molar-refractivity contribution in [3.05, 3.63) is 70.3 Å². The van der Waals surface area contributed by atoms with Crippen LogP contribution >= 0.6 is 0 Å². The SMILES string of the molecule is NCc1cccc(Cc2ccc3c(c2)CCCC3)c1. The normalized spacial score (nSPS) is 14.2. The molecule has 0 saturated heterocycles. The van der Waals surface area contributed by atoms with Gasteiger partial charge >= 0.3 is 0 Å². The summed E-state index contributed by atoms with van der Waals surface area (Å²) in [5.41, 5.74) is 12.8. The second-order valence-corrected chi connectivity index (χ2v) is 5.51. The van der Waals surface area contributed by atoms with E-state index in [1.54, 1.807) is 11.1 Å². The molecule has 0 heterocycles. The molecule has 0 unspecified atom stereocenters. The van der Waals surface area contributed by atoms with Gasteiger partial charge in [0.2, 0.25) is 0 Å². The lowest BCUT2D eigenvalue weighted by Gasteiger charge is -2.16. The van der Waals surface area contributed by atoms with E-state index < -0.39 is 0 Å². The minimum atomic E-state index is 0.623. The number of hydrogen-bond acceptors (Lipinski definition) is 1. The Labute approximate surface area is 115 Å². The third-order valence-corrected chi connectivity index (χ3v) is 4.05. The number of benzene rings is 2. The molecule has 98 valence electrons. The first kappa shape index (κ1) is 12.4. The maximum atomic E-state index is 5.70. The Hall–Kier alpha value is -1.60. The van der Waals surface area contributed by atoms with E-state index in [1.165, 1.54) is 42.4 Å². The topological polar surface area (TPSA) is 26.0 Å². The third kappa shape index (κ3) is 2.87. The lowest BCUT2D eigenvalue weighted by molar-refractivity contribution is 0.684. The second kappa shape index (κ2) is 5.58. The van der Waals surface area contributed by atoms with Crippen molar-refractivity contribution in [3.8, 4) is 0 Å². The fourth-order valence-electron chi connectivity index (χ4n) is 3.00. The molecule has 0 bridgehead atoms. The molecule has 0 saturated carbocycles. The van der Waals surface area contributed by atoms with Crippen LogP contribution in [0.4, 0.5) is 0 Å². The largest absolute Gasteiger partial charge is 0.326 e. The molecule has 1 heteroatoms. The highest BCUT2D eigenvalue weighted by Crippen LogP contribution is 2.23. The second-order valence-electron chi connectivity index (χ2n) is 5.51. The fraction of sp³-hybridized carbons (Fsp3) is 0.333. The molecule has 0 amide bonds. The Morgan fingerprint density at radius 1 is 0.789 bits per heavy atom. The Kier molecular flexibility index (Phi) is 3.65. The summed E-state index contributed by atoms with van der Waals surface area (Å²) in [5, 5.41) is 0. The Bertz CT molecular complexity index is 572. The molecule has 1 nitrogen and oxygen atoms in total. The van der Waals surface area contributed by atoms with Crippen molar-refractivity contribution in [2.45, 2.75) is 38.6 Å². The van der Waals surface area contributed by atoms with Crippen LogP contribution in [0.2, 0.25) is 0 Å².